The van der Waals surface area contributed by atoms with E-state index in [1.54, 1.807) is 48.5 Å². The maximum Gasteiger partial charge on any atom is 0.305 e. The summed E-state index contributed by atoms with van der Waals surface area (Å²) in [6.45, 7) is 0. The lowest BCUT2D eigenvalue weighted by molar-refractivity contribution is -0.139. The molecule has 0 heterocycles. The highest BCUT2D eigenvalue weighted by Gasteiger charge is 2.30. The van der Waals surface area contributed by atoms with Gasteiger partial charge in [0, 0.05) is 0 Å². The van der Waals surface area contributed by atoms with Crippen LogP contribution in [0.4, 0.5) is 0 Å². The van der Waals surface area contributed by atoms with E-state index in [-0.39, 0.29) is 11.3 Å². The number of ketones is 1. The van der Waals surface area contributed by atoms with Crippen molar-refractivity contribution in [2.24, 2.45) is 5.73 Å². The minimum absolute atomic E-state index is 0.0117. The number of aliphatic carboxylic acids is 1. The van der Waals surface area contributed by atoms with Gasteiger partial charge in [-0.3, -0.25) is 9.59 Å². The third kappa shape index (κ3) is 5.48. The number of carbonyl (C=O) groups is 2. The number of nitrogens with two attached hydrogens (primary N) is 1. The summed E-state index contributed by atoms with van der Waals surface area (Å²) in [6.07, 6.45) is -0.504. The number of carboxylic acids is 1. The minimum atomic E-state index is -3.96. The lowest BCUT2D eigenvalue weighted by atomic mass is 9.97. The molecule has 0 radical (unpaired) electrons. The highest BCUT2D eigenvalue weighted by atomic mass is 32.2. The molecule has 0 aliphatic carbocycles. The molecular weight excluding hydrogens is 356 g/mol. The molecule has 0 fully saturated rings. The Morgan fingerprint density at radius 3 is 2.08 bits per heavy atom. The van der Waals surface area contributed by atoms with Crippen molar-refractivity contribution in [1.29, 1.82) is 0 Å². The van der Waals surface area contributed by atoms with E-state index < -0.39 is 40.3 Å². The molecule has 2 aromatic rings. The van der Waals surface area contributed by atoms with Crippen molar-refractivity contribution in [2.75, 3.05) is 0 Å². The molecule has 0 aromatic heterocycles. The molecule has 0 amide bonds. The van der Waals surface area contributed by atoms with Crippen molar-refractivity contribution in [3.05, 3.63) is 66.2 Å². The SMILES string of the molecule is N[C@@H](CC(=O)O)C(=O)C(Cc1ccccc1)NS(=O)(=O)c1ccccc1. The van der Waals surface area contributed by atoms with Gasteiger partial charge in [0.05, 0.1) is 23.4 Å². The highest BCUT2D eigenvalue weighted by Crippen LogP contribution is 2.12. The molecule has 2 rings (SSSR count). The molecule has 7 nitrogen and oxygen atoms in total. The van der Waals surface area contributed by atoms with Crippen molar-refractivity contribution >= 4 is 21.8 Å². The molecule has 0 aliphatic heterocycles. The van der Waals surface area contributed by atoms with E-state index >= 15 is 0 Å². The zero-order valence-corrected chi connectivity index (χ0v) is 14.7. The van der Waals surface area contributed by atoms with Gasteiger partial charge in [0.25, 0.3) is 0 Å². The average Bonchev–Trinajstić information content (AvgIpc) is 2.61. The second-order valence-electron chi connectivity index (χ2n) is 5.78. The number of carboxylic acid groups (broad SMARTS) is 1. The van der Waals surface area contributed by atoms with Gasteiger partial charge in [-0.25, -0.2) is 13.1 Å². The van der Waals surface area contributed by atoms with Crippen LogP contribution in [-0.4, -0.2) is 37.4 Å². The summed E-state index contributed by atoms with van der Waals surface area (Å²) in [4.78, 5) is 23.4. The number of Topliss-reactive ketones (excluding diaryl/α,β-unsaturated/α-hetero) is 1. The van der Waals surface area contributed by atoms with Crippen LogP contribution < -0.4 is 10.5 Å². The Labute approximate surface area is 151 Å². The van der Waals surface area contributed by atoms with Gasteiger partial charge in [0.2, 0.25) is 10.0 Å². The van der Waals surface area contributed by atoms with Crippen LogP contribution in [0.3, 0.4) is 0 Å². The first kappa shape index (κ1) is 19.8. The van der Waals surface area contributed by atoms with Crippen LogP contribution in [-0.2, 0) is 26.0 Å². The quantitative estimate of drug-likeness (QED) is 0.598. The summed E-state index contributed by atoms with van der Waals surface area (Å²) in [5.41, 5.74) is 6.39. The molecule has 0 spiro atoms. The van der Waals surface area contributed by atoms with Gasteiger partial charge in [-0.2, -0.15) is 0 Å². The Morgan fingerprint density at radius 2 is 1.54 bits per heavy atom. The van der Waals surface area contributed by atoms with Crippen LogP contribution in [0, 0.1) is 0 Å². The van der Waals surface area contributed by atoms with Crippen molar-refractivity contribution < 1.29 is 23.1 Å². The van der Waals surface area contributed by atoms with Crippen molar-refractivity contribution in [1.82, 2.24) is 4.72 Å². The molecule has 26 heavy (non-hydrogen) atoms. The second kappa shape index (κ2) is 8.70. The Morgan fingerprint density at radius 1 is 1.00 bits per heavy atom. The highest BCUT2D eigenvalue weighted by molar-refractivity contribution is 7.89. The second-order valence-corrected chi connectivity index (χ2v) is 7.50. The van der Waals surface area contributed by atoms with E-state index in [2.05, 4.69) is 4.72 Å². The summed E-state index contributed by atoms with van der Waals surface area (Å²) in [6, 6.07) is 14.0. The van der Waals surface area contributed by atoms with E-state index in [1.807, 2.05) is 0 Å². The summed E-state index contributed by atoms with van der Waals surface area (Å²) in [5.74, 6) is -1.90. The zero-order valence-electron chi connectivity index (χ0n) is 13.9. The molecule has 0 saturated carbocycles. The lowest BCUT2D eigenvalue weighted by Crippen LogP contribution is -2.49. The van der Waals surface area contributed by atoms with Crippen molar-refractivity contribution in [3.8, 4) is 0 Å². The summed E-state index contributed by atoms with van der Waals surface area (Å²) < 4.78 is 27.5. The van der Waals surface area contributed by atoms with Gasteiger partial charge in [0.15, 0.2) is 5.78 Å². The molecule has 8 heteroatoms. The van der Waals surface area contributed by atoms with Crippen LogP contribution in [0.2, 0.25) is 0 Å². The van der Waals surface area contributed by atoms with Crippen molar-refractivity contribution in [3.63, 3.8) is 0 Å². The van der Waals surface area contributed by atoms with E-state index in [1.165, 1.54) is 12.1 Å². The van der Waals surface area contributed by atoms with Crippen LogP contribution in [0.1, 0.15) is 12.0 Å². The summed E-state index contributed by atoms with van der Waals surface area (Å²) >= 11 is 0. The number of rotatable bonds is 9. The van der Waals surface area contributed by atoms with Gasteiger partial charge >= 0.3 is 5.97 Å². The lowest BCUT2D eigenvalue weighted by Gasteiger charge is -2.20. The van der Waals surface area contributed by atoms with E-state index in [0.29, 0.717) is 0 Å². The topological polar surface area (TPSA) is 127 Å². The fourth-order valence-electron chi connectivity index (χ4n) is 2.45. The van der Waals surface area contributed by atoms with E-state index in [4.69, 9.17) is 10.8 Å². The Bertz CT molecular complexity index is 854. The molecule has 138 valence electrons. The maximum atomic E-state index is 12.6. The number of benzene rings is 2. The number of sulfonamides is 1. The number of carbonyl (C=O) groups excluding carboxylic acids is 1. The third-order valence-electron chi connectivity index (χ3n) is 3.74. The first-order chi connectivity index (χ1) is 12.3. The Balaban J connectivity index is 2.28. The third-order valence-corrected chi connectivity index (χ3v) is 5.22. The first-order valence-electron chi connectivity index (χ1n) is 7.92. The molecule has 0 saturated heterocycles. The minimum Gasteiger partial charge on any atom is -0.481 e. The Hall–Kier alpha value is -2.55. The fourth-order valence-corrected chi connectivity index (χ4v) is 3.68. The van der Waals surface area contributed by atoms with E-state index in [0.717, 1.165) is 5.56 Å². The van der Waals surface area contributed by atoms with Crippen LogP contribution in [0.15, 0.2) is 65.6 Å². The number of hydrogen-bond acceptors (Lipinski definition) is 5. The molecule has 0 bridgehead atoms. The molecule has 4 N–H and O–H groups in total. The number of hydrogen-bond donors (Lipinski definition) is 3. The summed E-state index contributed by atoms with van der Waals surface area (Å²) in [7, 11) is -3.96. The first-order valence-corrected chi connectivity index (χ1v) is 9.40. The number of nitrogens with one attached hydrogen (secondary N) is 1. The monoisotopic (exact) mass is 376 g/mol. The van der Waals surface area contributed by atoms with Crippen LogP contribution in [0.25, 0.3) is 0 Å². The predicted molar refractivity (Wildman–Crippen MR) is 95.9 cm³/mol. The average molecular weight is 376 g/mol. The van der Waals surface area contributed by atoms with Crippen LogP contribution in [0.5, 0.6) is 0 Å². The smallest absolute Gasteiger partial charge is 0.305 e. The van der Waals surface area contributed by atoms with Crippen LogP contribution >= 0.6 is 0 Å². The normalized spacial score (nSPS) is 13.7. The maximum absolute atomic E-state index is 12.6. The molecular formula is C18H20N2O5S. The molecule has 0 aliphatic rings. The molecule has 2 atom stereocenters. The van der Waals surface area contributed by atoms with Gasteiger partial charge < -0.3 is 10.8 Å². The summed E-state index contributed by atoms with van der Waals surface area (Å²) in [5, 5.41) is 8.84. The van der Waals surface area contributed by atoms with Gasteiger partial charge in [-0.05, 0) is 24.1 Å². The molecule has 1 unspecified atom stereocenters. The van der Waals surface area contributed by atoms with Gasteiger partial charge in [-0.15, -0.1) is 0 Å². The Kier molecular flexibility index (Phi) is 6.62. The standard InChI is InChI=1S/C18H20N2O5S/c19-15(12-17(21)22)18(23)16(11-13-7-3-1-4-8-13)20-26(24,25)14-9-5-2-6-10-14/h1-10,15-16,20H,11-12,19H2,(H,21,22)/t15-,16?/m0/s1. The predicted octanol–water partition coefficient (Wildman–Crippen LogP) is 0.947. The molecule has 2 aromatic carbocycles. The van der Waals surface area contributed by atoms with Gasteiger partial charge in [-0.1, -0.05) is 48.5 Å². The van der Waals surface area contributed by atoms with Gasteiger partial charge in [0.1, 0.15) is 0 Å². The van der Waals surface area contributed by atoms with E-state index in [9.17, 15) is 18.0 Å². The largest absolute Gasteiger partial charge is 0.481 e. The van der Waals surface area contributed by atoms with Crippen molar-refractivity contribution in [2.45, 2.75) is 29.8 Å². The zero-order chi connectivity index (χ0) is 19.2. The fraction of sp³-hybridized carbons (Fsp3) is 0.222.